The maximum absolute atomic E-state index is 5.84. The number of unbranched alkanes of at least 4 members (excludes halogenated alkanes) is 3. The average molecular weight is 319 g/mol. The molecule has 0 spiro atoms. The highest BCUT2D eigenvalue weighted by Crippen LogP contribution is 2.24. The van der Waals surface area contributed by atoms with Gasteiger partial charge in [0, 0.05) is 12.3 Å². The second kappa shape index (κ2) is 8.86. The van der Waals surface area contributed by atoms with Crippen molar-refractivity contribution in [3.63, 3.8) is 0 Å². The Balaban J connectivity index is 3.86. The van der Waals surface area contributed by atoms with E-state index in [1.807, 2.05) is 0 Å². The number of halogens is 3. The van der Waals surface area contributed by atoms with Crippen LogP contribution in [0.4, 0.5) is 0 Å². The van der Waals surface area contributed by atoms with Gasteiger partial charge in [-0.15, -0.1) is 15.5 Å². The molecule has 5 heteroatoms. The predicted molar refractivity (Wildman–Crippen MR) is 83.3 cm³/mol. The van der Waals surface area contributed by atoms with Crippen molar-refractivity contribution < 1.29 is 4.48 Å². The fraction of sp³-hybridized carbons (Fsp3) is 1.00. The molecule has 0 radical (unpaired) electrons. The summed E-state index contributed by atoms with van der Waals surface area (Å²) < 4.78 is 2.29. The molecule has 18 heavy (non-hydrogen) atoms. The van der Waals surface area contributed by atoms with E-state index in [4.69, 9.17) is 35.2 Å². The van der Waals surface area contributed by atoms with Gasteiger partial charge in [-0.05, 0) is 56.7 Å². The molecule has 0 atom stereocenters. The zero-order valence-electron chi connectivity index (χ0n) is 12.2. The average Bonchev–Trinajstić information content (AvgIpc) is 2.26. The molecule has 0 amide bonds. The van der Waals surface area contributed by atoms with Crippen molar-refractivity contribution in [3.8, 4) is 0 Å². The fourth-order valence-electron chi connectivity index (χ4n) is 1.76. The maximum Gasteiger partial charge on any atom is 0.0801 e. The summed E-state index contributed by atoms with van der Waals surface area (Å²) in [5, 5.41) is 0. The third-order valence-electron chi connectivity index (χ3n) is 3.43. The molecule has 0 bridgehead atoms. The van der Waals surface area contributed by atoms with Crippen LogP contribution in [0.15, 0.2) is 0 Å². The Morgan fingerprint density at radius 2 is 1.50 bits per heavy atom. The number of hydrogen-bond acceptors (Lipinski definition) is 1. The van der Waals surface area contributed by atoms with E-state index in [2.05, 4.69) is 27.9 Å². The van der Waals surface area contributed by atoms with Crippen LogP contribution in [-0.2, 0) is 0 Å². The number of hydrogen-bond donors (Lipinski definition) is 0. The highest BCUT2D eigenvalue weighted by atomic mass is 35.5. The minimum atomic E-state index is -0.169. The molecule has 0 unspecified atom stereocenters. The lowest BCUT2D eigenvalue weighted by molar-refractivity contribution is -0.891. The molecule has 0 aromatic carbocycles. The largest absolute Gasteiger partial charge is 0.328 e. The van der Waals surface area contributed by atoms with Crippen molar-refractivity contribution >= 4 is 35.2 Å². The van der Waals surface area contributed by atoms with Crippen molar-refractivity contribution in [1.29, 1.82) is 0 Å². The minimum Gasteiger partial charge on any atom is -0.328 e. The molecule has 2 nitrogen and oxygen atoms in total. The summed E-state index contributed by atoms with van der Waals surface area (Å²) >= 11 is 17.3. The lowest BCUT2D eigenvalue weighted by Gasteiger charge is -2.35. The molecule has 0 aromatic heterocycles. The van der Waals surface area contributed by atoms with E-state index in [0.717, 1.165) is 29.7 Å². The highest BCUT2D eigenvalue weighted by molar-refractivity contribution is 6.34. The van der Waals surface area contributed by atoms with Gasteiger partial charge < -0.3 is 4.48 Å². The quantitative estimate of drug-likeness (QED) is 0.245. The lowest BCUT2D eigenvalue weighted by atomic mass is 10.0. The van der Waals surface area contributed by atoms with Gasteiger partial charge in [-0.3, -0.25) is 0 Å². The van der Waals surface area contributed by atoms with Gasteiger partial charge in [0.15, 0.2) is 0 Å². The zero-order chi connectivity index (χ0) is 14.2. The first-order valence-electron chi connectivity index (χ1n) is 6.71. The Morgan fingerprint density at radius 3 is 2.00 bits per heavy atom. The van der Waals surface area contributed by atoms with E-state index in [1.165, 1.54) is 29.7 Å². The normalized spacial score (nSPS) is 13.3. The van der Waals surface area contributed by atoms with Gasteiger partial charge in [-0.2, -0.15) is 0 Å². The van der Waals surface area contributed by atoms with Crippen molar-refractivity contribution in [2.75, 3.05) is 33.1 Å². The van der Waals surface area contributed by atoms with Crippen molar-refractivity contribution in [1.82, 2.24) is 3.94 Å². The van der Waals surface area contributed by atoms with Gasteiger partial charge in [0.2, 0.25) is 0 Å². The van der Waals surface area contributed by atoms with Crippen LogP contribution >= 0.6 is 35.2 Å². The first kappa shape index (κ1) is 18.8. The SMILES string of the molecule is CC(C)(CC[N+](C)(C)CCCCCCCl)N(Cl)Cl. The Labute approximate surface area is 128 Å². The summed E-state index contributed by atoms with van der Waals surface area (Å²) in [6, 6.07) is 0. The van der Waals surface area contributed by atoms with Crippen molar-refractivity contribution in [3.05, 3.63) is 0 Å². The summed E-state index contributed by atoms with van der Waals surface area (Å²) in [7, 11) is 4.54. The molecule has 0 rings (SSSR count). The molecule has 0 fully saturated rings. The van der Waals surface area contributed by atoms with E-state index >= 15 is 0 Å². The second-order valence-corrected chi connectivity index (χ2v) is 7.51. The Morgan fingerprint density at radius 1 is 0.944 bits per heavy atom. The minimum absolute atomic E-state index is 0.169. The molecule has 0 aliphatic rings. The van der Waals surface area contributed by atoms with E-state index < -0.39 is 0 Å². The molecule has 110 valence electrons. The van der Waals surface area contributed by atoms with Crippen LogP contribution in [0.2, 0.25) is 0 Å². The third-order valence-corrected chi connectivity index (χ3v) is 4.62. The van der Waals surface area contributed by atoms with E-state index in [1.54, 1.807) is 0 Å². The van der Waals surface area contributed by atoms with Gasteiger partial charge >= 0.3 is 0 Å². The number of quaternary nitrogens is 1. The fourth-order valence-corrected chi connectivity index (χ4v) is 2.12. The maximum atomic E-state index is 5.84. The molecule has 0 aliphatic heterocycles. The van der Waals surface area contributed by atoms with Crippen molar-refractivity contribution in [2.24, 2.45) is 0 Å². The number of nitrogens with zero attached hydrogens (tertiary/aromatic N) is 2. The molecule has 0 heterocycles. The molecular formula is C13H28Cl3N2+. The summed E-state index contributed by atoms with van der Waals surface area (Å²) in [6.45, 7) is 6.41. The summed E-state index contributed by atoms with van der Waals surface area (Å²) in [6.07, 6.45) is 5.89. The van der Waals surface area contributed by atoms with E-state index in [0.29, 0.717) is 0 Å². The van der Waals surface area contributed by atoms with Crippen LogP contribution in [-0.4, -0.2) is 47.0 Å². The van der Waals surface area contributed by atoms with E-state index in [-0.39, 0.29) is 5.54 Å². The van der Waals surface area contributed by atoms with Gasteiger partial charge in [-0.25, -0.2) is 0 Å². The van der Waals surface area contributed by atoms with Gasteiger partial charge in [0.05, 0.1) is 32.7 Å². The first-order chi connectivity index (χ1) is 8.21. The Kier molecular flexibility index (Phi) is 9.25. The van der Waals surface area contributed by atoms with Gasteiger partial charge in [0.25, 0.3) is 0 Å². The molecule has 0 aliphatic carbocycles. The third kappa shape index (κ3) is 8.82. The van der Waals surface area contributed by atoms with Crippen LogP contribution in [0.25, 0.3) is 0 Å². The topological polar surface area (TPSA) is 3.24 Å². The first-order valence-corrected chi connectivity index (χ1v) is 7.92. The second-order valence-electron chi connectivity index (χ2n) is 6.28. The van der Waals surface area contributed by atoms with Gasteiger partial charge in [-0.1, -0.05) is 6.42 Å². The number of alkyl halides is 1. The molecule has 0 saturated carbocycles. The van der Waals surface area contributed by atoms with Crippen LogP contribution < -0.4 is 0 Å². The molecule has 0 N–H and O–H groups in total. The molecular weight excluding hydrogens is 291 g/mol. The summed E-state index contributed by atoms with van der Waals surface area (Å²) in [5.41, 5.74) is -0.169. The lowest BCUT2D eigenvalue weighted by Crippen LogP contribution is -2.45. The van der Waals surface area contributed by atoms with Crippen LogP contribution in [0.5, 0.6) is 0 Å². The van der Waals surface area contributed by atoms with Gasteiger partial charge in [0.1, 0.15) is 0 Å². The summed E-state index contributed by atoms with van der Waals surface area (Å²) in [5.74, 6) is 0.785. The predicted octanol–water partition coefficient (Wildman–Crippen LogP) is 4.64. The highest BCUT2D eigenvalue weighted by Gasteiger charge is 2.28. The molecule has 0 aromatic rings. The van der Waals surface area contributed by atoms with E-state index in [9.17, 15) is 0 Å². The molecule has 0 saturated heterocycles. The van der Waals surface area contributed by atoms with Crippen LogP contribution in [0.1, 0.15) is 46.0 Å². The summed E-state index contributed by atoms with van der Waals surface area (Å²) in [4.78, 5) is 0. The smallest absolute Gasteiger partial charge is 0.0801 e. The van der Waals surface area contributed by atoms with Crippen LogP contribution in [0.3, 0.4) is 0 Å². The Hall–Kier alpha value is 0.790. The Bertz CT molecular complexity index is 218. The van der Waals surface area contributed by atoms with Crippen LogP contribution in [0, 0.1) is 0 Å². The number of rotatable bonds is 10. The zero-order valence-corrected chi connectivity index (χ0v) is 14.5. The standard InChI is InChI=1S/C13H28Cl3N2/c1-13(2,17(15)16)9-12-18(3,4)11-8-6-5-7-10-14/h5-12H2,1-4H3/q+1. The monoisotopic (exact) mass is 317 g/mol. The van der Waals surface area contributed by atoms with Crippen molar-refractivity contribution in [2.45, 2.75) is 51.5 Å².